The molecule has 0 aliphatic carbocycles. The van der Waals surface area contributed by atoms with Gasteiger partial charge in [0.1, 0.15) is 16.5 Å². The van der Waals surface area contributed by atoms with Gasteiger partial charge >= 0.3 is 0 Å². The summed E-state index contributed by atoms with van der Waals surface area (Å²) in [5.41, 5.74) is 1.09. The second-order valence-electron chi connectivity index (χ2n) is 4.83. The first-order chi connectivity index (χ1) is 10.2. The maximum atomic E-state index is 5.46. The molecule has 2 unspecified atom stereocenters. The highest BCUT2D eigenvalue weighted by Gasteiger charge is 2.18. The van der Waals surface area contributed by atoms with Gasteiger partial charge in [-0.25, -0.2) is 4.98 Å². The molecule has 2 atom stereocenters. The fourth-order valence-corrected chi connectivity index (χ4v) is 3.12. The summed E-state index contributed by atoms with van der Waals surface area (Å²) >= 11 is 1.68. The van der Waals surface area contributed by atoms with Crippen LogP contribution in [0.1, 0.15) is 42.9 Å². The van der Waals surface area contributed by atoms with Crippen LogP contribution in [0, 0.1) is 0 Å². The Morgan fingerprint density at radius 2 is 2.10 bits per heavy atom. The molecule has 1 aromatic heterocycles. The number of aromatic nitrogens is 1. The van der Waals surface area contributed by atoms with E-state index in [1.807, 2.05) is 29.8 Å². The van der Waals surface area contributed by atoms with Crippen LogP contribution in [0.25, 0.3) is 0 Å². The fourth-order valence-electron chi connectivity index (χ4n) is 2.34. The molecule has 0 fully saturated rings. The number of benzene rings is 1. The van der Waals surface area contributed by atoms with E-state index in [9.17, 15) is 0 Å². The summed E-state index contributed by atoms with van der Waals surface area (Å²) in [6, 6.07) is 6.26. The number of hydrogen-bond donors (Lipinski definition) is 1. The summed E-state index contributed by atoms with van der Waals surface area (Å²) in [7, 11) is 3.37. The molecule has 2 rings (SSSR count). The van der Waals surface area contributed by atoms with Gasteiger partial charge in [-0.1, -0.05) is 6.92 Å². The molecule has 1 heterocycles. The summed E-state index contributed by atoms with van der Waals surface area (Å²) in [4.78, 5) is 4.41. The molecule has 1 N–H and O–H groups in total. The van der Waals surface area contributed by atoms with Crippen molar-refractivity contribution in [3.63, 3.8) is 0 Å². The summed E-state index contributed by atoms with van der Waals surface area (Å²) in [5.74, 6) is 1.70. The van der Waals surface area contributed by atoms with Crippen LogP contribution in [-0.4, -0.2) is 19.2 Å². The minimum atomic E-state index is 0.142. The summed E-state index contributed by atoms with van der Waals surface area (Å²) in [5, 5.41) is 6.75. The number of hydrogen-bond acceptors (Lipinski definition) is 5. The van der Waals surface area contributed by atoms with E-state index < -0.39 is 0 Å². The molecule has 0 amide bonds. The Morgan fingerprint density at radius 3 is 2.67 bits per heavy atom. The summed E-state index contributed by atoms with van der Waals surface area (Å²) in [6.45, 7) is 4.29. The maximum absolute atomic E-state index is 5.46. The van der Waals surface area contributed by atoms with E-state index >= 15 is 0 Å². The molecule has 0 spiro atoms. The highest BCUT2D eigenvalue weighted by atomic mass is 32.1. The molecule has 0 aliphatic heterocycles. The van der Waals surface area contributed by atoms with Crippen LogP contribution in [0.3, 0.4) is 0 Å². The third kappa shape index (κ3) is 3.74. The molecular formula is C16H22N2O2S. The highest BCUT2D eigenvalue weighted by Crippen LogP contribution is 2.31. The number of ether oxygens (including phenoxy) is 2. The first-order valence-electron chi connectivity index (χ1n) is 7.07. The van der Waals surface area contributed by atoms with Crippen molar-refractivity contribution < 1.29 is 9.47 Å². The monoisotopic (exact) mass is 306 g/mol. The Hall–Kier alpha value is -1.59. The molecule has 0 saturated heterocycles. The normalized spacial score (nSPS) is 13.7. The van der Waals surface area contributed by atoms with Crippen LogP contribution >= 0.6 is 11.3 Å². The van der Waals surface area contributed by atoms with E-state index in [4.69, 9.17) is 9.47 Å². The maximum Gasteiger partial charge on any atom is 0.123 e. The molecule has 21 heavy (non-hydrogen) atoms. The van der Waals surface area contributed by atoms with Crippen molar-refractivity contribution in [3.05, 3.63) is 40.3 Å². The molecule has 2 aromatic rings. The van der Waals surface area contributed by atoms with Crippen molar-refractivity contribution in [1.29, 1.82) is 0 Å². The van der Waals surface area contributed by atoms with Crippen LogP contribution in [0.2, 0.25) is 0 Å². The molecule has 0 radical (unpaired) electrons. The van der Waals surface area contributed by atoms with Crippen LogP contribution in [0.15, 0.2) is 29.8 Å². The largest absolute Gasteiger partial charge is 0.497 e. The van der Waals surface area contributed by atoms with Gasteiger partial charge in [0.2, 0.25) is 0 Å². The van der Waals surface area contributed by atoms with Gasteiger partial charge in [0.05, 0.1) is 20.3 Å². The summed E-state index contributed by atoms with van der Waals surface area (Å²) in [6.07, 6.45) is 2.84. The van der Waals surface area contributed by atoms with Gasteiger partial charge in [0, 0.05) is 23.2 Å². The first kappa shape index (κ1) is 15.8. The van der Waals surface area contributed by atoms with Crippen LogP contribution in [0.4, 0.5) is 0 Å². The number of nitrogens with one attached hydrogen (secondary N) is 1. The highest BCUT2D eigenvalue weighted by molar-refractivity contribution is 7.09. The molecule has 0 aliphatic rings. The average molecular weight is 306 g/mol. The van der Waals surface area contributed by atoms with E-state index in [1.54, 1.807) is 25.6 Å². The Balaban J connectivity index is 2.20. The van der Waals surface area contributed by atoms with Crippen molar-refractivity contribution >= 4 is 11.3 Å². The molecule has 5 heteroatoms. The predicted octanol–water partition coefficient (Wildman–Crippen LogP) is 3.96. The minimum Gasteiger partial charge on any atom is -0.497 e. The third-order valence-electron chi connectivity index (χ3n) is 3.51. The summed E-state index contributed by atoms with van der Waals surface area (Å²) < 4.78 is 10.8. The fraction of sp³-hybridized carbons (Fsp3) is 0.438. The minimum absolute atomic E-state index is 0.142. The second kappa shape index (κ2) is 7.43. The number of methoxy groups -OCH3 is 2. The Labute approximate surface area is 130 Å². The Morgan fingerprint density at radius 1 is 1.29 bits per heavy atom. The van der Waals surface area contributed by atoms with E-state index in [-0.39, 0.29) is 12.1 Å². The molecule has 114 valence electrons. The zero-order chi connectivity index (χ0) is 15.2. The lowest BCUT2D eigenvalue weighted by molar-refractivity contribution is 0.383. The lowest BCUT2D eigenvalue weighted by Gasteiger charge is -2.23. The SMILES string of the molecule is CCC(NC(C)c1cc(OC)ccc1OC)c1nccs1. The lowest BCUT2D eigenvalue weighted by Crippen LogP contribution is -2.24. The Bertz CT molecular complexity index is 557. The van der Waals surface area contributed by atoms with Gasteiger partial charge in [-0.05, 0) is 31.5 Å². The number of rotatable bonds is 7. The van der Waals surface area contributed by atoms with Gasteiger partial charge in [-0.2, -0.15) is 0 Å². The average Bonchev–Trinajstić information content (AvgIpc) is 3.05. The van der Waals surface area contributed by atoms with E-state index in [2.05, 4.69) is 24.1 Å². The second-order valence-corrected chi connectivity index (χ2v) is 5.75. The number of thiazole rings is 1. The van der Waals surface area contributed by atoms with Crippen molar-refractivity contribution in [2.75, 3.05) is 14.2 Å². The van der Waals surface area contributed by atoms with Gasteiger partial charge in [-0.3, -0.25) is 0 Å². The molecular weight excluding hydrogens is 284 g/mol. The van der Waals surface area contributed by atoms with Crippen LogP contribution < -0.4 is 14.8 Å². The van der Waals surface area contributed by atoms with Crippen molar-refractivity contribution in [3.8, 4) is 11.5 Å². The van der Waals surface area contributed by atoms with Crippen molar-refractivity contribution in [1.82, 2.24) is 10.3 Å². The zero-order valence-corrected chi connectivity index (χ0v) is 13.7. The topological polar surface area (TPSA) is 43.4 Å². The first-order valence-corrected chi connectivity index (χ1v) is 7.94. The van der Waals surface area contributed by atoms with Crippen molar-refractivity contribution in [2.24, 2.45) is 0 Å². The number of nitrogens with zero attached hydrogens (tertiary/aromatic N) is 1. The van der Waals surface area contributed by atoms with Gasteiger partial charge in [0.15, 0.2) is 0 Å². The van der Waals surface area contributed by atoms with Gasteiger partial charge < -0.3 is 14.8 Å². The van der Waals surface area contributed by atoms with E-state index in [0.29, 0.717) is 0 Å². The van der Waals surface area contributed by atoms with E-state index in [1.165, 1.54) is 0 Å². The Kier molecular flexibility index (Phi) is 5.59. The quantitative estimate of drug-likeness (QED) is 0.841. The molecule has 4 nitrogen and oxygen atoms in total. The standard InChI is InChI=1S/C16H22N2O2S/c1-5-14(16-17-8-9-21-16)18-11(2)13-10-12(19-3)6-7-15(13)20-4/h6-11,14,18H,5H2,1-4H3. The molecule has 0 bridgehead atoms. The smallest absolute Gasteiger partial charge is 0.123 e. The van der Waals surface area contributed by atoms with Gasteiger partial charge in [-0.15, -0.1) is 11.3 Å². The molecule has 1 aromatic carbocycles. The third-order valence-corrected chi connectivity index (χ3v) is 4.40. The van der Waals surface area contributed by atoms with Crippen LogP contribution in [0.5, 0.6) is 11.5 Å². The van der Waals surface area contributed by atoms with E-state index in [0.717, 1.165) is 28.5 Å². The zero-order valence-electron chi connectivity index (χ0n) is 12.9. The molecule has 0 saturated carbocycles. The van der Waals surface area contributed by atoms with Crippen molar-refractivity contribution in [2.45, 2.75) is 32.4 Å². The van der Waals surface area contributed by atoms with Crippen LogP contribution in [-0.2, 0) is 0 Å². The lowest BCUT2D eigenvalue weighted by atomic mass is 10.0. The van der Waals surface area contributed by atoms with Gasteiger partial charge in [0.25, 0.3) is 0 Å². The predicted molar refractivity (Wildman–Crippen MR) is 86.2 cm³/mol.